The van der Waals surface area contributed by atoms with Gasteiger partial charge in [0, 0.05) is 11.8 Å². The maximum Gasteiger partial charge on any atom is 0.292 e. The number of nitro groups is 1. The number of rotatable bonds is 4. The van der Waals surface area contributed by atoms with Gasteiger partial charge in [0.05, 0.1) is 23.5 Å². The van der Waals surface area contributed by atoms with E-state index in [-0.39, 0.29) is 10.6 Å². The van der Waals surface area contributed by atoms with Gasteiger partial charge in [-0.3, -0.25) is 10.1 Å². The fourth-order valence-electron chi connectivity index (χ4n) is 1.84. The van der Waals surface area contributed by atoms with Crippen molar-refractivity contribution in [1.29, 1.82) is 0 Å². The van der Waals surface area contributed by atoms with Crippen LogP contribution in [-0.2, 0) is 6.54 Å². The van der Waals surface area contributed by atoms with Crippen molar-refractivity contribution < 1.29 is 4.92 Å². The van der Waals surface area contributed by atoms with Crippen LogP contribution in [0.4, 0.5) is 11.4 Å². The summed E-state index contributed by atoms with van der Waals surface area (Å²) in [7, 11) is 0. The van der Waals surface area contributed by atoms with Crippen molar-refractivity contribution >= 4 is 11.4 Å². The van der Waals surface area contributed by atoms with Gasteiger partial charge >= 0.3 is 0 Å². The van der Waals surface area contributed by atoms with Gasteiger partial charge < -0.3 is 10.3 Å². The molecule has 100 valence electrons. The van der Waals surface area contributed by atoms with Crippen LogP contribution in [-0.4, -0.2) is 14.9 Å². The fraction of sp³-hybridized carbons (Fsp3) is 0.308. The highest BCUT2D eigenvalue weighted by Crippen LogP contribution is 2.28. The number of benzene rings is 1. The van der Waals surface area contributed by atoms with Crippen LogP contribution in [0.5, 0.6) is 0 Å². The largest absolute Gasteiger partial charge is 0.374 e. The lowest BCUT2D eigenvalue weighted by molar-refractivity contribution is -0.384. The number of nitro benzene ring substituents is 1. The van der Waals surface area contributed by atoms with Crippen LogP contribution in [0, 0.1) is 30.9 Å². The first kappa shape index (κ1) is 13.1. The number of nitrogens with one attached hydrogen (secondary N) is 2. The van der Waals surface area contributed by atoms with E-state index in [1.807, 2.05) is 20.8 Å². The molecule has 0 aliphatic heterocycles. The van der Waals surface area contributed by atoms with Crippen LogP contribution in [0.3, 0.4) is 0 Å². The second kappa shape index (κ2) is 5.09. The highest BCUT2D eigenvalue weighted by Gasteiger charge is 2.15. The predicted molar refractivity (Wildman–Crippen MR) is 73.2 cm³/mol. The summed E-state index contributed by atoms with van der Waals surface area (Å²) in [6.07, 6.45) is 1.61. The molecule has 0 unspecified atom stereocenters. The first-order chi connectivity index (χ1) is 8.99. The summed E-state index contributed by atoms with van der Waals surface area (Å²) in [4.78, 5) is 17.8. The van der Waals surface area contributed by atoms with Gasteiger partial charge in [-0.25, -0.2) is 4.98 Å². The van der Waals surface area contributed by atoms with Crippen molar-refractivity contribution in [2.24, 2.45) is 0 Å². The Hall–Kier alpha value is -2.37. The van der Waals surface area contributed by atoms with Crippen LogP contribution in [0.1, 0.15) is 22.5 Å². The van der Waals surface area contributed by atoms with E-state index in [0.29, 0.717) is 12.2 Å². The lowest BCUT2D eigenvalue weighted by Crippen LogP contribution is -2.05. The molecule has 0 saturated carbocycles. The first-order valence-electron chi connectivity index (χ1n) is 5.97. The third-order valence-electron chi connectivity index (χ3n) is 3.19. The van der Waals surface area contributed by atoms with Crippen LogP contribution < -0.4 is 5.32 Å². The van der Waals surface area contributed by atoms with E-state index in [1.54, 1.807) is 18.5 Å². The number of hydrogen-bond acceptors (Lipinski definition) is 4. The van der Waals surface area contributed by atoms with Crippen LogP contribution in [0.15, 0.2) is 18.5 Å². The second-order valence-electron chi connectivity index (χ2n) is 4.54. The average Bonchev–Trinajstić information content (AvgIpc) is 2.75. The summed E-state index contributed by atoms with van der Waals surface area (Å²) >= 11 is 0. The quantitative estimate of drug-likeness (QED) is 0.654. The highest BCUT2D eigenvalue weighted by atomic mass is 16.6. The third kappa shape index (κ3) is 2.73. The number of H-pyrrole nitrogens is 1. The maximum atomic E-state index is 11.1. The first-order valence-corrected chi connectivity index (χ1v) is 5.97. The Kier molecular flexibility index (Phi) is 3.50. The second-order valence-corrected chi connectivity index (χ2v) is 4.54. The standard InChI is InChI=1S/C13H16N4O2/c1-8-4-11(13(17(18)19)5-9(8)2)14-6-12-10(3)15-7-16-12/h4-5,7,14H,6H2,1-3H3,(H,15,16). The third-order valence-corrected chi connectivity index (χ3v) is 3.19. The van der Waals surface area contributed by atoms with E-state index in [1.165, 1.54) is 0 Å². The predicted octanol–water partition coefficient (Wildman–Crippen LogP) is 2.86. The van der Waals surface area contributed by atoms with E-state index in [0.717, 1.165) is 22.5 Å². The zero-order valence-electron chi connectivity index (χ0n) is 11.2. The van der Waals surface area contributed by atoms with Gasteiger partial charge in [-0.05, 0) is 38.0 Å². The monoisotopic (exact) mass is 260 g/mol. The van der Waals surface area contributed by atoms with Crippen molar-refractivity contribution in [1.82, 2.24) is 9.97 Å². The molecule has 1 aromatic carbocycles. The van der Waals surface area contributed by atoms with E-state index in [2.05, 4.69) is 15.3 Å². The van der Waals surface area contributed by atoms with Crippen molar-refractivity contribution in [2.45, 2.75) is 27.3 Å². The van der Waals surface area contributed by atoms with Gasteiger partial charge in [0.2, 0.25) is 0 Å². The van der Waals surface area contributed by atoms with Crippen LogP contribution in [0.25, 0.3) is 0 Å². The molecule has 1 aromatic heterocycles. The van der Waals surface area contributed by atoms with Crippen LogP contribution in [0.2, 0.25) is 0 Å². The molecule has 0 aliphatic rings. The minimum Gasteiger partial charge on any atom is -0.374 e. The van der Waals surface area contributed by atoms with Gasteiger partial charge in [0.15, 0.2) is 0 Å². The molecule has 0 saturated heterocycles. The normalized spacial score (nSPS) is 10.5. The highest BCUT2D eigenvalue weighted by molar-refractivity contribution is 5.64. The van der Waals surface area contributed by atoms with Gasteiger partial charge in [-0.2, -0.15) is 0 Å². The number of aromatic nitrogens is 2. The minimum atomic E-state index is -0.369. The molecule has 0 amide bonds. The zero-order valence-corrected chi connectivity index (χ0v) is 11.2. The molecule has 0 bridgehead atoms. The summed E-state index contributed by atoms with van der Waals surface area (Å²) in [5.41, 5.74) is 4.36. The van der Waals surface area contributed by atoms with E-state index in [9.17, 15) is 10.1 Å². The fourth-order valence-corrected chi connectivity index (χ4v) is 1.84. The maximum absolute atomic E-state index is 11.1. The average molecular weight is 260 g/mol. The Morgan fingerprint density at radius 2 is 2.00 bits per heavy atom. The number of nitrogens with zero attached hydrogens (tertiary/aromatic N) is 2. The molecule has 2 N–H and O–H groups in total. The number of aromatic amines is 1. The zero-order chi connectivity index (χ0) is 14.0. The van der Waals surface area contributed by atoms with E-state index in [4.69, 9.17) is 0 Å². The number of anilines is 1. The van der Waals surface area contributed by atoms with E-state index >= 15 is 0 Å². The molecule has 0 radical (unpaired) electrons. The molecule has 0 aliphatic carbocycles. The molecule has 0 atom stereocenters. The van der Waals surface area contributed by atoms with Gasteiger partial charge in [-0.1, -0.05) is 0 Å². The van der Waals surface area contributed by atoms with Crippen molar-refractivity contribution in [3.8, 4) is 0 Å². The number of hydrogen-bond donors (Lipinski definition) is 2. The summed E-state index contributed by atoms with van der Waals surface area (Å²) in [6, 6.07) is 3.39. The molecule has 2 aromatic rings. The molecule has 0 fully saturated rings. The summed E-state index contributed by atoms with van der Waals surface area (Å²) < 4.78 is 0. The van der Waals surface area contributed by atoms with Crippen molar-refractivity contribution in [3.05, 3.63) is 51.1 Å². The minimum absolute atomic E-state index is 0.0938. The topological polar surface area (TPSA) is 83.8 Å². The lowest BCUT2D eigenvalue weighted by atomic mass is 10.1. The molecule has 2 rings (SSSR count). The Bertz CT molecular complexity index is 619. The summed E-state index contributed by atoms with van der Waals surface area (Å²) in [6.45, 7) is 6.17. The molecular formula is C13H16N4O2. The molecular weight excluding hydrogens is 244 g/mol. The van der Waals surface area contributed by atoms with Gasteiger partial charge in [-0.15, -0.1) is 0 Å². The Labute approximate surface area is 111 Å². The molecule has 1 heterocycles. The number of imidazole rings is 1. The molecule has 6 nitrogen and oxygen atoms in total. The summed E-state index contributed by atoms with van der Waals surface area (Å²) in [5, 5.41) is 14.1. The van der Waals surface area contributed by atoms with Crippen molar-refractivity contribution in [2.75, 3.05) is 5.32 Å². The Balaban J connectivity index is 2.26. The smallest absolute Gasteiger partial charge is 0.292 e. The number of aryl methyl sites for hydroxylation is 3. The lowest BCUT2D eigenvalue weighted by Gasteiger charge is -2.09. The van der Waals surface area contributed by atoms with Gasteiger partial charge in [0.1, 0.15) is 5.69 Å². The molecule has 6 heteroatoms. The van der Waals surface area contributed by atoms with Gasteiger partial charge in [0.25, 0.3) is 5.69 Å². The Morgan fingerprint density at radius 3 is 2.58 bits per heavy atom. The molecule has 19 heavy (non-hydrogen) atoms. The molecule has 0 spiro atoms. The van der Waals surface area contributed by atoms with E-state index < -0.39 is 0 Å². The summed E-state index contributed by atoms with van der Waals surface area (Å²) in [5.74, 6) is 0. The Morgan fingerprint density at radius 1 is 1.32 bits per heavy atom. The SMILES string of the molecule is Cc1cc(NCc2nc[nH]c2C)c([N+](=O)[O-])cc1C. The van der Waals surface area contributed by atoms with Crippen molar-refractivity contribution in [3.63, 3.8) is 0 Å². The van der Waals surface area contributed by atoms with Crippen LogP contribution >= 0.6 is 0 Å².